The number of hydrogen-bond acceptors (Lipinski definition) is 3. The predicted octanol–water partition coefficient (Wildman–Crippen LogP) is 5.32. The first kappa shape index (κ1) is 17.3. The Morgan fingerprint density at radius 1 is 0.926 bits per heavy atom. The van der Waals surface area contributed by atoms with Crippen molar-refractivity contribution in [1.29, 1.82) is 0 Å². The predicted molar refractivity (Wildman–Crippen MR) is 111 cm³/mol. The number of para-hydroxylation sites is 2. The van der Waals surface area contributed by atoms with Crippen molar-refractivity contribution in [2.24, 2.45) is 0 Å². The molecule has 1 aliphatic rings. The highest BCUT2D eigenvalue weighted by Crippen LogP contribution is 2.38. The number of benzene rings is 3. The fourth-order valence-corrected chi connectivity index (χ4v) is 3.86. The fraction of sp³-hybridized carbons (Fsp3) is 0.208. The van der Waals surface area contributed by atoms with Crippen LogP contribution in [0.15, 0.2) is 84.9 Å². The van der Waals surface area contributed by atoms with Crippen LogP contribution in [0.2, 0.25) is 0 Å². The molecule has 1 aliphatic heterocycles. The summed E-state index contributed by atoms with van der Waals surface area (Å²) in [5.41, 5.74) is 4.29. The van der Waals surface area contributed by atoms with Crippen molar-refractivity contribution < 1.29 is 4.79 Å². The Bertz CT molecular complexity index is 908. The Balaban J connectivity index is 1.60. The van der Waals surface area contributed by atoms with Gasteiger partial charge >= 0.3 is 0 Å². The van der Waals surface area contributed by atoms with Gasteiger partial charge in [0.15, 0.2) is 5.78 Å². The van der Waals surface area contributed by atoms with E-state index in [0.29, 0.717) is 6.54 Å². The molecule has 0 aromatic heterocycles. The van der Waals surface area contributed by atoms with Gasteiger partial charge in [-0.25, -0.2) is 0 Å². The Morgan fingerprint density at radius 3 is 2.30 bits per heavy atom. The molecule has 0 bridgehead atoms. The molecule has 0 radical (unpaired) electrons. The molecule has 2 unspecified atom stereocenters. The normalized spacial score (nSPS) is 18.6. The highest BCUT2D eigenvalue weighted by molar-refractivity contribution is 5.99. The van der Waals surface area contributed by atoms with Crippen LogP contribution < -0.4 is 10.2 Å². The maximum absolute atomic E-state index is 12.8. The third-order valence-corrected chi connectivity index (χ3v) is 5.25. The Labute approximate surface area is 160 Å². The number of nitrogens with zero attached hydrogens (tertiary/aromatic N) is 1. The van der Waals surface area contributed by atoms with E-state index in [1.165, 1.54) is 5.56 Å². The molecule has 4 rings (SSSR count). The lowest BCUT2D eigenvalue weighted by Crippen LogP contribution is -2.43. The van der Waals surface area contributed by atoms with Crippen molar-refractivity contribution in [3.8, 4) is 0 Å². The first-order valence-corrected chi connectivity index (χ1v) is 9.48. The summed E-state index contributed by atoms with van der Waals surface area (Å²) in [6.07, 6.45) is 0.952. The first-order chi connectivity index (χ1) is 13.2. The average Bonchev–Trinajstić information content (AvgIpc) is 2.72. The molecule has 3 nitrogen and oxygen atoms in total. The summed E-state index contributed by atoms with van der Waals surface area (Å²) in [5.74, 6) is 0.159. The number of hydrogen-bond donors (Lipinski definition) is 1. The summed E-state index contributed by atoms with van der Waals surface area (Å²) in [6, 6.07) is 28.8. The minimum atomic E-state index is 0.159. The third kappa shape index (κ3) is 3.72. The zero-order valence-corrected chi connectivity index (χ0v) is 15.5. The second-order valence-electron chi connectivity index (χ2n) is 7.12. The van der Waals surface area contributed by atoms with Crippen LogP contribution in [0.25, 0.3) is 0 Å². The summed E-state index contributed by atoms with van der Waals surface area (Å²) in [5, 5.41) is 3.66. The quantitative estimate of drug-likeness (QED) is 0.628. The van der Waals surface area contributed by atoms with Crippen molar-refractivity contribution >= 4 is 17.2 Å². The van der Waals surface area contributed by atoms with E-state index in [2.05, 4.69) is 53.5 Å². The molecule has 0 amide bonds. The molecule has 2 atom stereocenters. The summed E-state index contributed by atoms with van der Waals surface area (Å²) in [4.78, 5) is 15.0. The first-order valence-electron chi connectivity index (χ1n) is 9.48. The van der Waals surface area contributed by atoms with E-state index in [1.807, 2.05) is 48.5 Å². The maximum Gasteiger partial charge on any atom is 0.182 e. The van der Waals surface area contributed by atoms with Crippen molar-refractivity contribution in [3.05, 3.63) is 96.1 Å². The molecule has 136 valence electrons. The molecule has 1 N–H and O–H groups in total. The van der Waals surface area contributed by atoms with E-state index in [-0.39, 0.29) is 17.9 Å². The molecular weight excluding hydrogens is 332 g/mol. The van der Waals surface area contributed by atoms with Crippen LogP contribution in [0.3, 0.4) is 0 Å². The molecule has 27 heavy (non-hydrogen) atoms. The number of ketones is 1. The zero-order chi connectivity index (χ0) is 18.6. The Kier molecular flexibility index (Phi) is 4.93. The summed E-state index contributed by atoms with van der Waals surface area (Å²) < 4.78 is 0. The minimum absolute atomic E-state index is 0.159. The highest BCUT2D eigenvalue weighted by Gasteiger charge is 2.31. The van der Waals surface area contributed by atoms with Crippen LogP contribution in [0, 0.1) is 0 Å². The van der Waals surface area contributed by atoms with Crippen LogP contribution in [-0.2, 0) is 0 Å². The van der Waals surface area contributed by atoms with E-state index in [1.54, 1.807) is 0 Å². The van der Waals surface area contributed by atoms with Gasteiger partial charge in [-0.3, -0.25) is 4.79 Å². The lowest BCUT2D eigenvalue weighted by molar-refractivity contribution is 0.0996. The topological polar surface area (TPSA) is 32.3 Å². The van der Waals surface area contributed by atoms with E-state index in [4.69, 9.17) is 0 Å². The van der Waals surface area contributed by atoms with Gasteiger partial charge < -0.3 is 10.2 Å². The van der Waals surface area contributed by atoms with Crippen molar-refractivity contribution in [2.75, 3.05) is 16.8 Å². The van der Waals surface area contributed by atoms with Crippen molar-refractivity contribution in [1.82, 2.24) is 0 Å². The largest absolute Gasteiger partial charge is 0.378 e. The minimum Gasteiger partial charge on any atom is -0.378 e. The third-order valence-electron chi connectivity index (χ3n) is 5.25. The molecule has 0 aliphatic carbocycles. The molecule has 3 heteroatoms. The number of carbonyl (C=O) groups excluding carboxylic acids is 1. The molecule has 3 aromatic rings. The van der Waals surface area contributed by atoms with Crippen LogP contribution in [0.5, 0.6) is 0 Å². The fourth-order valence-electron chi connectivity index (χ4n) is 3.86. The number of anilines is 2. The van der Waals surface area contributed by atoms with Gasteiger partial charge in [0.2, 0.25) is 0 Å². The van der Waals surface area contributed by atoms with Gasteiger partial charge in [0.05, 0.1) is 12.6 Å². The lowest BCUT2D eigenvalue weighted by atomic mass is 9.91. The van der Waals surface area contributed by atoms with Crippen molar-refractivity contribution in [3.63, 3.8) is 0 Å². The van der Waals surface area contributed by atoms with E-state index < -0.39 is 0 Å². The standard InChI is InChI=1S/C24H24N2O/c1-18-16-22(25-20-12-6-3-7-13-20)21-14-8-9-15-23(21)26(18)17-24(27)19-10-4-2-5-11-19/h2-15,18,22,25H,16-17H2,1H3. The van der Waals surface area contributed by atoms with Gasteiger partial charge in [-0.15, -0.1) is 0 Å². The average molecular weight is 356 g/mol. The summed E-state index contributed by atoms with van der Waals surface area (Å²) >= 11 is 0. The molecule has 0 saturated heterocycles. The van der Waals surface area contributed by atoms with Gasteiger partial charge in [-0.1, -0.05) is 66.7 Å². The Morgan fingerprint density at radius 2 is 1.56 bits per heavy atom. The Hall–Kier alpha value is -3.07. The highest BCUT2D eigenvalue weighted by atomic mass is 16.1. The number of carbonyl (C=O) groups is 1. The molecule has 0 fully saturated rings. The van der Waals surface area contributed by atoms with Crippen LogP contribution in [-0.4, -0.2) is 18.4 Å². The summed E-state index contributed by atoms with van der Waals surface area (Å²) in [7, 11) is 0. The lowest BCUT2D eigenvalue weighted by Gasteiger charge is -2.41. The van der Waals surface area contributed by atoms with Gasteiger partial charge in [0.25, 0.3) is 0 Å². The van der Waals surface area contributed by atoms with Crippen molar-refractivity contribution in [2.45, 2.75) is 25.4 Å². The zero-order valence-electron chi connectivity index (χ0n) is 15.5. The maximum atomic E-state index is 12.8. The van der Waals surface area contributed by atoms with Gasteiger partial charge in [0.1, 0.15) is 0 Å². The molecule has 0 spiro atoms. The van der Waals surface area contributed by atoms with Gasteiger partial charge in [0, 0.05) is 23.0 Å². The van der Waals surface area contributed by atoms with E-state index in [9.17, 15) is 4.79 Å². The van der Waals surface area contributed by atoms with E-state index >= 15 is 0 Å². The number of fused-ring (bicyclic) bond motifs is 1. The molecule has 1 heterocycles. The van der Waals surface area contributed by atoms with Gasteiger partial charge in [-0.05, 0) is 37.1 Å². The molecule has 3 aromatic carbocycles. The van der Waals surface area contributed by atoms with E-state index in [0.717, 1.165) is 23.4 Å². The second-order valence-corrected chi connectivity index (χ2v) is 7.12. The van der Waals surface area contributed by atoms with Crippen LogP contribution >= 0.6 is 0 Å². The summed E-state index contributed by atoms with van der Waals surface area (Å²) in [6.45, 7) is 2.61. The smallest absolute Gasteiger partial charge is 0.182 e. The number of nitrogens with one attached hydrogen (secondary N) is 1. The number of rotatable bonds is 5. The van der Waals surface area contributed by atoms with Crippen LogP contribution in [0.4, 0.5) is 11.4 Å². The molecular formula is C24H24N2O. The second kappa shape index (κ2) is 7.67. The van der Waals surface area contributed by atoms with Crippen LogP contribution in [0.1, 0.15) is 35.3 Å². The monoisotopic (exact) mass is 356 g/mol. The SMILES string of the molecule is CC1CC(Nc2ccccc2)c2ccccc2N1CC(=O)c1ccccc1. The molecule has 0 saturated carbocycles. The number of Topliss-reactive ketones (excluding diaryl/α,β-unsaturated/α-hetero) is 1. The van der Waals surface area contributed by atoms with Gasteiger partial charge in [-0.2, -0.15) is 0 Å².